The van der Waals surface area contributed by atoms with Gasteiger partial charge in [-0.3, -0.25) is 4.90 Å². The van der Waals surface area contributed by atoms with Crippen LogP contribution in [0.5, 0.6) is 0 Å². The SMILES string of the molecule is CCOCCN(C)Cc1cccc(N)n1. The number of nitrogens with two attached hydrogens (primary N) is 1. The second-order valence-electron chi connectivity index (χ2n) is 3.49. The minimum Gasteiger partial charge on any atom is -0.384 e. The Kier molecular flexibility index (Phi) is 5.07. The van der Waals surface area contributed by atoms with Crippen molar-refractivity contribution in [2.24, 2.45) is 0 Å². The van der Waals surface area contributed by atoms with Crippen molar-refractivity contribution in [1.29, 1.82) is 0 Å². The molecule has 0 unspecified atom stereocenters. The average molecular weight is 209 g/mol. The van der Waals surface area contributed by atoms with Gasteiger partial charge in [0.15, 0.2) is 0 Å². The normalized spacial score (nSPS) is 10.9. The van der Waals surface area contributed by atoms with Crippen LogP contribution in [0.1, 0.15) is 12.6 Å². The van der Waals surface area contributed by atoms with E-state index in [1.165, 1.54) is 0 Å². The molecule has 0 aliphatic heterocycles. The standard InChI is InChI=1S/C11H19N3O/c1-3-15-8-7-14(2)9-10-5-4-6-11(12)13-10/h4-6H,3,7-9H2,1-2H3,(H2,12,13). The van der Waals surface area contributed by atoms with Gasteiger partial charge >= 0.3 is 0 Å². The summed E-state index contributed by atoms with van der Waals surface area (Å²) in [7, 11) is 2.05. The average Bonchev–Trinajstić information content (AvgIpc) is 2.18. The van der Waals surface area contributed by atoms with Crippen LogP contribution < -0.4 is 5.73 Å². The zero-order chi connectivity index (χ0) is 11.1. The van der Waals surface area contributed by atoms with Crippen LogP contribution in [0.3, 0.4) is 0 Å². The number of ether oxygens (including phenoxy) is 1. The lowest BCUT2D eigenvalue weighted by atomic mass is 10.3. The van der Waals surface area contributed by atoms with E-state index >= 15 is 0 Å². The molecule has 4 nitrogen and oxygen atoms in total. The van der Waals surface area contributed by atoms with E-state index in [0.717, 1.165) is 32.0 Å². The van der Waals surface area contributed by atoms with Crippen molar-refractivity contribution in [2.45, 2.75) is 13.5 Å². The molecule has 15 heavy (non-hydrogen) atoms. The zero-order valence-corrected chi connectivity index (χ0v) is 9.44. The number of nitrogens with zero attached hydrogens (tertiary/aromatic N) is 2. The molecule has 4 heteroatoms. The third-order valence-electron chi connectivity index (χ3n) is 2.08. The number of hydrogen-bond acceptors (Lipinski definition) is 4. The van der Waals surface area contributed by atoms with Gasteiger partial charge in [-0.25, -0.2) is 4.98 Å². The second-order valence-corrected chi connectivity index (χ2v) is 3.49. The first-order valence-electron chi connectivity index (χ1n) is 5.20. The lowest BCUT2D eigenvalue weighted by Gasteiger charge is -2.15. The summed E-state index contributed by atoms with van der Waals surface area (Å²) in [4.78, 5) is 6.40. The molecule has 0 saturated carbocycles. The summed E-state index contributed by atoms with van der Waals surface area (Å²) in [6.45, 7) is 5.24. The monoisotopic (exact) mass is 209 g/mol. The van der Waals surface area contributed by atoms with Crippen molar-refractivity contribution in [3.63, 3.8) is 0 Å². The van der Waals surface area contributed by atoms with Gasteiger partial charge in [-0.15, -0.1) is 0 Å². The van der Waals surface area contributed by atoms with Crippen LogP contribution in [-0.2, 0) is 11.3 Å². The van der Waals surface area contributed by atoms with Crippen LogP contribution in [0.15, 0.2) is 18.2 Å². The molecule has 0 atom stereocenters. The Bertz CT molecular complexity index is 291. The smallest absolute Gasteiger partial charge is 0.123 e. The summed E-state index contributed by atoms with van der Waals surface area (Å²) in [6.07, 6.45) is 0. The van der Waals surface area contributed by atoms with Gasteiger partial charge in [0.2, 0.25) is 0 Å². The van der Waals surface area contributed by atoms with Crippen LogP contribution in [-0.4, -0.2) is 36.7 Å². The number of aromatic nitrogens is 1. The van der Waals surface area contributed by atoms with Crippen molar-refractivity contribution < 1.29 is 4.74 Å². The maximum Gasteiger partial charge on any atom is 0.123 e. The van der Waals surface area contributed by atoms with Crippen molar-refractivity contribution in [3.05, 3.63) is 23.9 Å². The predicted molar refractivity (Wildman–Crippen MR) is 61.5 cm³/mol. The second kappa shape index (κ2) is 6.37. The van der Waals surface area contributed by atoms with Gasteiger partial charge in [-0.05, 0) is 26.1 Å². The summed E-state index contributed by atoms with van der Waals surface area (Å²) in [5.41, 5.74) is 6.60. The van der Waals surface area contributed by atoms with Gasteiger partial charge in [0.1, 0.15) is 5.82 Å². The van der Waals surface area contributed by atoms with Gasteiger partial charge in [-0.1, -0.05) is 6.07 Å². The van der Waals surface area contributed by atoms with E-state index in [4.69, 9.17) is 10.5 Å². The molecule has 0 aliphatic carbocycles. The van der Waals surface area contributed by atoms with Crippen LogP contribution in [0.25, 0.3) is 0 Å². The maximum atomic E-state index is 5.60. The third kappa shape index (κ3) is 4.76. The minimum atomic E-state index is 0.575. The van der Waals surface area contributed by atoms with Crippen molar-refractivity contribution >= 4 is 5.82 Å². The number of hydrogen-bond donors (Lipinski definition) is 1. The number of rotatable bonds is 6. The van der Waals surface area contributed by atoms with Crippen molar-refractivity contribution in [3.8, 4) is 0 Å². The molecule has 1 aromatic rings. The third-order valence-corrected chi connectivity index (χ3v) is 2.08. The molecule has 1 aromatic heterocycles. The van der Waals surface area contributed by atoms with Gasteiger partial charge in [0.25, 0.3) is 0 Å². The summed E-state index contributed by atoms with van der Waals surface area (Å²) in [6, 6.07) is 5.70. The summed E-state index contributed by atoms with van der Waals surface area (Å²) >= 11 is 0. The van der Waals surface area contributed by atoms with Crippen molar-refractivity contribution in [1.82, 2.24) is 9.88 Å². The van der Waals surface area contributed by atoms with E-state index in [1.54, 1.807) is 6.07 Å². The molecule has 0 bridgehead atoms. The molecule has 0 fully saturated rings. The largest absolute Gasteiger partial charge is 0.384 e. The summed E-state index contributed by atoms with van der Waals surface area (Å²) in [5, 5.41) is 0. The Morgan fingerprint density at radius 1 is 1.47 bits per heavy atom. The van der Waals surface area contributed by atoms with E-state index in [0.29, 0.717) is 5.82 Å². The van der Waals surface area contributed by atoms with Crippen LogP contribution >= 0.6 is 0 Å². The van der Waals surface area contributed by atoms with Crippen LogP contribution in [0.2, 0.25) is 0 Å². The number of pyridine rings is 1. The first-order chi connectivity index (χ1) is 7.22. The van der Waals surface area contributed by atoms with Gasteiger partial charge in [0, 0.05) is 19.7 Å². The molecule has 2 N–H and O–H groups in total. The zero-order valence-electron chi connectivity index (χ0n) is 9.44. The molecule has 0 aromatic carbocycles. The van der Waals surface area contributed by atoms with E-state index < -0.39 is 0 Å². The highest BCUT2D eigenvalue weighted by atomic mass is 16.5. The molecule has 0 aliphatic rings. The van der Waals surface area contributed by atoms with Gasteiger partial charge in [0.05, 0.1) is 12.3 Å². The Balaban J connectivity index is 2.34. The Morgan fingerprint density at radius 3 is 2.93 bits per heavy atom. The number of anilines is 1. The molecule has 0 radical (unpaired) electrons. The van der Waals surface area contributed by atoms with Gasteiger partial charge in [-0.2, -0.15) is 0 Å². The number of nitrogen functional groups attached to an aromatic ring is 1. The lowest BCUT2D eigenvalue weighted by molar-refractivity contribution is 0.120. The first kappa shape index (κ1) is 11.9. The molecule has 1 heterocycles. The minimum absolute atomic E-state index is 0.575. The summed E-state index contributed by atoms with van der Waals surface area (Å²) < 4.78 is 5.28. The Labute approximate surface area is 91.1 Å². The molecule has 0 spiro atoms. The van der Waals surface area contributed by atoms with E-state index in [1.807, 2.05) is 26.1 Å². The van der Waals surface area contributed by atoms with Crippen LogP contribution in [0.4, 0.5) is 5.82 Å². The molecule has 0 amide bonds. The van der Waals surface area contributed by atoms with Gasteiger partial charge < -0.3 is 10.5 Å². The molecule has 1 rings (SSSR count). The quantitative estimate of drug-likeness (QED) is 0.714. The summed E-state index contributed by atoms with van der Waals surface area (Å²) in [5.74, 6) is 0.575. The highest BCUT2D eigenvalue weighted by Gasteiger charge is 2.01. The topological polar surface area (TPSA) is 51.4 Å². The Hall–Kier alpha value is -1.13. The van der Waals surface area contributed by atoms with E-state index in [2.05, 4.69) is 9.88 Å². The first-order valence-corrected chi connectivity index (χ1v) is 5.20. The highest BCUT2D eigenvalue weighted by molar-refractivity contribution is 5.28. The Morgan fingerprint density at radius 2 is 2.27 bits per heavy atom. The molecular formula is C11H19N3O. The highest BCUT2D eigenvalue weighted by Crippen LogP contribution is 2.02. The van der Waals surface area contributed by atoms with Crippen molar-refractivity contribution in [2.75, 3.05) is 32.5 Å². The van der Waals surface area contributed by atoms with E-state index in [9.17, 15) is 0 Å². The molecule has 0 saturated heterocycles. The fraction of sp³-hybridized carbons (Fsp3) is 0.545. The molecule has 84 valence electrons. The predicted octanol–water partition coefficient (Wildman–Crippen LogP) is 1.13. The fourth-order valence-electron chi connectivity index (χ4n) is 1.31. The number of likely N-dealkylation sites (N-methyl/N-ethyl adjacent to an activating group) is 1. The lowest BCUT2D eigenvalue weighted by Crippen LogP contribution is -2.23. The fourth-order valence-corrected chi connectivity index (χ4v) is 1.31. The molecular weight excluding hydrogens is 190 g/mol. The van der Waals surface area contributed by atoms with Crippen LogP contribution in [0, 0.1) is 0 Å². The van der Waals surface area contributed by atoms with E-state index in [-0.39, 0.29) is 0 Å². The maximum absolute atomic E-state index is 5.60.